The van der Waals surface area contributed by atoms with Gasteiger partial charge in [-0.2, -0.15) is 0 Å². The highest BCUT2D eigenvalue weighted by Crippen LogP contribution is 2.29. The van der Waals surface area contributed by atoms with Gasteiger partial charge in [0.05, 0.1) is 17.3 Å². The Morgan fingerprint density at radius 1 is 1.31 bits per heavy atom. The van der Waals surface area contributed by atoms with Gasteiger partial charge in [-0.25, -0.2) is 8.42 Å². The molecule has 2 aliphatic rings. The Hall–Kier alpha value is -1.35. The van der Waals surface area contributed by atoms with Crippen LogP contribution in [0.25, 0.3) is 0 Å². The van der Waals surface area contributed by atoms with Crippen molar-refractivity contribution in [3.8, 4) is 0 Å². The fourth-order valence-corrected chi connectivity index (χ4v) is 6.39. The number of aromatic nitrogens is 3. The molecule has 0 N–H and O–H groups in total. The van der Waals surface area contributed by atoms with Crippen molar-refractivity contribution < 1.29 is 13.2 Å². The van der Waals surface area contributed by atoms with E-state index in [-0.39, 0.29) is 35.2 Å². The Morgan fingerprint density at radius 2 is 2.08 bits per heavy atom. The molecule has 1 aliphatic carbocycles. The third kappa shape index (κ3) is 4.68. The molecule has 26 heavy (non-hydrogen) atoms. The van der Waals surface area contributed by atoms with E-state index in [0.29, 0.717) is 18.1 Å². The van der Waals surface area contributed by atoms with Crippen LogP contribution in [0.4, 0.5) is 0 Å². The van der Waals surface area contributed by atoms with Gasteiger partial charge in [-0.3, -0.25) is 4.79 Å². The first-order valence-electron chi connectivity index (χ1n) is 9.13. The van der Waals surface area contributed by atoms with Crippen molar-refractivity contribution in [2.45, 2.75) is 62.3 Å². The first kappa shape index (κ1) is 19.4. The fourth-order valence-electron chi connectivity index (χ4n) is 3.88. The molecule has 1 saturated heterocycles. The number of hydrogen-bond donors (Lipinski definition) is 0. The van der Waals surface area contributed by atoms with Gasteiger partial charge < -0.3 is 9.47 Å². The Labute approximate surface area is 159 Å². The molecule has 0 spiro atoms. The highest BCUT2D eigenvalue weighted by atomic mass is 32.2. The summed E-state index contributed by atoms with van der Waals surface area (Å²) in [6.07, 6.45) is 9.29. The second-order valence-electron chi connectivity index (χ2n) is 6.99. The van der Waals surface area contributed by atoms with Crippen molar-refractivity contribution in [1.29, 1.82) is 0 Å². The molecule has 0 unspecified atom stereocenters. The summed E-state index contributed by atoms with van der Waals surface area (Å²) in [5.41, 5.74) is 0. The van der Waals surface area contributed by atoms with E-state index in [1.54, 1.807) is 12.4 Å². The highest BCUT2D eigenvalue weighted by Gasteiger charge is 2.38. The molecule has 3 rings (SSSR count). The van der Waals surface area contributed by atoms with Crippen LogP contribution >= 0.6 is 11.8 Å². The van der Waals surface area contributed by atoms with Crippen molar-refractivity contribution in [3.05, 3.63) is 19.0 Å². The second kappa shape index (κ2) is 8.56. The normalized spacial score (nSPS) is 23.0. The van der Waals surface area contributed by atoms with Gasteiger partial charge in [-0.15, -0.1) is 16.8 Å². The van der Waals surface area contributed by atoms with Crippen LogP contribution in [0.1, 0.15) is 38.5 Å². The van der Waals surface area contributed by atoms with Gasteiger partial charge in [-0.05, 0) is 19.3 Å². The largest absolute Gasteiger partial charge is 0.335 e. The Bertz CT molecular complexity index is 741. The van der Waals surface area contributed by atoms with Crippen LogP contribution in [0.2, 0.25) is 0 Å². The van der Waals surface area contributed by atoms with E-state index in [9.17, 15) is 13.2 Å². The van der Waals surface area contributed by atoms with E-state index in [1.165, 1.54) is 18.2 Å². The van der Waals surface area contributed by atoms with E-state index >= 15 is 0 Å². The number of nitrogens with zero attached hydrogens (tertiary/aromatic N) is 4. The van der Waals surface area contributed by atoms with Crippen LogP contribution in [0.15, 0.2) is 24.1 Å². The summed E-state index contributed by atoms with van der Waals surface area (Å²) < 4.78 is 25.7. The molecule has 1 saturated carbocycles. The van der Waals surface area contributed by atoms with Crippen LogP contribution in [-0.2, 0) is 21.2 Å². The van der Waals surface area contributed by atoms with Crippen LogP contribution in [0.3, 0.4) is 0 Å². The number of sulfone groups is 1. The zero-order valence-electron chi connectivity index (χ0n) is 14.9. The molecule has 0 radical (unpaired) electrons. The topological polar surface area (TPSA) is 85.2 Å². The third-order valence-corrected chi connectivity index (χ3v) is 7.80. The van der Waals surface area contributed by atoms with Crippen molar-refractivity contribution >= 4 is 27.5 Å². The summed E-state index contributed by atoms with van der Waals surface area (Å²) in [6, 6.07) is -0.0107. The molecular formula is C17H26N4O3S2. The fraction of sp³-hybridized carbons (Fsp3) is 0.706. The molecule has 1 aliphatic heterocycles. The molecule has 2 heterocycles. The zero-order valence-corrected chi connectivity index (χ0v) is 16.6. The highest BCUT2D eigenvalue weighted by molar-refractivity contribution is 7.99. The maximum Gasteiger partial charge on any atom is 0.233 e. The number of carbonyl (C=O) groups excluding carboxylic acids is 1. The average molecular weight is 399 g/mol. The minimum atomic E-state index is -3.02. The third-order valence-electron chi connectivity index (χ3n) is 5.09. The average Bonchev–Trinajstić information content (AvgIpc) is 3.21. The summed E-state index contributed by atoms with van der Waals surface area (Å²) in [5.74, 6) is 0.557. The van der Waals surface area contributed by atoms with Crippen molar-refractivity contribution in [1.82, 2.24) is 19.7 Å². The number of carbonyl (C=O) groups is 1. The molecule has 1 atom stereocenters. The van der Waals surface area contributed by atoms with Crippen LogP contribution < -0.4 is 0 Å². The lowest BCUT2D eigenvalue weighted by atomic mass is 9.93. The minimum absolute atomic E-state index is 0.0113. The number of allylic oxidation sites excluding steroid dienone is 1. The van der Waals surface area contributed by atoms with Crippen molar-refractivity contribution in [2.24, 2.45) is 0 Å². The number of thioether (sulfide) groups is 1. The molecular weight excluding hydrogens is 372 g/mol. The van der Waals surface area contributed by atoms with E-state index in [1.807, 2.05) is 9.47 Å². The molecule has 1 aromatic heterocycles. The lowest BCUT2D eigenvalue weighted by Crippen LogP contribution is -2.49. The number of amides is 1. The number of hydrogen-bond acceptors (Lipinski definition) is 6. The molecule has 7 nitrogen and oxygen atoms in total. The molecule has 9 heteroatoms. The lowest BCUT2D eigenvalue weighted by Gasteiger charge is -2.38. The first-order chi connectivity index (χ1) is 12.5. The second-order valence-corrected chi connectivity index (χ2v) is 10.2. The molecule has 1 aromatic rings. The first-order valence-corrected chi connectivity index (χ1v) is 11.9. The molecule has 1 amide bonds. The van der Waals surface area contributed by atoms with E-state index < -0.39 is 9.84 Å². The smallest absolute Gasteiger partial charge is 0.233 e. The summed E-state index contributed by atoms with van der Waals surface area (Å²) >= 11 is 1.35. The predicted octanol–water partition coefficient (Wildman–Crippen LogP) is 1.90. The van der Waals surface area contributed by atoms with Gasteiger partial charge in [-0.1, -0.05) is 37.1 Å². The lowest BCUT2D eigenvalue weighted by molar-refractivity contribution is -0.133. The summed E-state index contributed by atoms with van der Waals surface area (Å²) in [4.78, 5) is 14.9. The molecule has 0 aromatic carbocycles. The van der Waals surface area contributed by atoms with Gasteiger partial charge in [0.1, 0.15) is 6.33 Å². The Balaban J connectivity index is 1.70. The summed E-state index contributed by atoms with van der Waals surface area (Å²) in [5, 5.41) is 8.63. The van der Waals surface area contributed by atoms with Gasteiger partial charge in [0.15, 0.2) is 15.0 Å². The standard InChI is InChI=1S/C17H26N4O3S2/c1-2-9-20-13-18-19-17(20)25-11-16(22)21(14-6-4-3-5-7-14)15-8-10-26(23,24)12-15/h2,13-15H,1,3-12H2/t15-/m0/s1. The SMILES string of the molecule is C=CCn1cnnc1SCC(=O)N(C1CCCCC1)[C@H]1CCS(=O)(=O)C1. The quantitative estimate of drug-likeness (QED) is 0.515. The minimum Gasteiger partial charge on any atom is -0.335 e. The van der Waals surface area contributed by atoms with E-state index in [2.05, 4.69) is 16.8 Å². The van der Waals surface area contributed by atoms with E-state index in [4.69, 9.17) is 0 Å². The maximum absolute atomic E-state index is 13.0. The maximum atomic E-state index is 13.0. The van der Waals surface area contributed by atoms with Gasteiger partial charge >= 0.3 is 0 Å². The van der Waals surface area contributed by atoms with Crippen molar-refractivity contribution in [2.75, 3.05) is 17.3 Å². The van der Waals surface area contributed by atoms with Crippen LogP contribution in [0, 0.1) is 0 Å². The Morgan fingerprint density at radius 3 is 2.73 bits per heavy atom. The predicted molar refractivity (Wildman–Crippen MR) is 102 cm³/mol. The number of rotatable bonds is 7. The molecule has 2 fully saturated rings. The zero-order chi connectivity index (χ0) is 18.6. The van der Waals surface area contributed by atoms with Crippen LogP contribution in [0.5, 0.6) is 0 Å². The summed E-state index contributed by atoms with van der Waals surface area (Å²) in [7, 11) is -3.02. The molecule has 0 bridgehead atoms. The van der Waals surface area contributed by atoms with Crippen molar-refractivity contribution in [3.63, 3.8) is 0 Å². The van der Waals surface area contributed by atoms with E-state index in [0.717, 1.165) is 25.7 Å². The van der Waals surface area contributed by atoms with Gasteiger partial charge in [0, 0.05) is 18.6 Å². The monoisotopic (exact) mass is 398 g/mol. The molecule has 144 valence electrons. The van der Waals surface area contributed by atoms with Crippen LogP contribution in [-0.4, -0.2) is 63.3 Å². The summed E-state index contributed by atoms with van der Waals surface area (Å²) in [6.45, 7) is 4.30. The Kier molecular flexibility index (Phi) is 6.39. The van der Waals surface area contributed by atoms with Gasteiger partial charge in [0.25, 0.3) is 0 Å². The van der Waals surface area contributed by atoms with Gasteiger partial charge in [0.2, 0.25) is 5.91 Å².